The van der Waals surface area contributed by atoms with Gasteiger partial charge in [-0.25, -0.2) is 4.79 Å². The summed E-state index contributed by atoms with van der Waals surface area (Å²) in [7, 11) is 3.99. The second-order valence-corrected chi connectivity index (χ2v) is 7.11. The number of nitrogens with one attached hydrogen (secondary N) is 1. The molecule has 1 aliphatic heterocycles. The minimum atomic E-state index is -0.539. The summed E-state index contributed by atoms with van der Waals surface area (Å²) < 4.78 is 0. The number of aliphatic hydroxyl groups is 1. The predicted octanol–water partition coefficient (Wildman–Crippen LogP) is 2.91. The van der Waals surface area contributed by atoms with E-state index in [4.69, 9.17) is 0 Å². The Balaban J connectivity index is 1.60. The van der Waals surface area contributed by atoms with Gasteiger partial charge in [0, 0.05) is 44.5 Å². The first-order valence-electron chi connectivity index (χ1n) is 8.54. The molecule has 2 unspecified atom stereocenters. The molecule has 1 saturated heterocycles. The van der Waals surface area contributed by atoms with Gasteiger partial charge in [-0.3, -0.25) is 0 Å². The van der Waals surface area contributed by atoms with Crippen molar-refractivity contribution in [3.8, 4) is 0 Å². The van der Waals surface area contributed by atoms with Crippen LogP contribution in [0.5, 0.6) is 0 Å². The first kappa shape index (κ1) is 16.1. The molecule has 1 aliphatic carbocycles. The van der Waals surface area contributed by atoms with Crippen LogP contribution in [0.25, 0.3) is 0 Å². The average Bonchev–Trinajstić information content (AvgIpc) is 2.54. The van der Waals surface area contributed by atoms with Crippen molar-refractivity contribution >= 4 is 17.4 Å². The maximum Gasteiger partial charge on any atom is 0.321 e. The van der Waals surface area contributed by atoms with Gasteiger partial charge in [0.1, 0.15) is 0 Å². The molecule has 23 heavy (non-hydrogen) atoms. The summed E-state index contributed by atoms with van der Waals surface area (Å²) in [4.78, 5) is 16.4. The van der Waals surface area contributed by atoms with Crippen molar-refractivity contribution < 1.29 is 9.90 Å². The number of carbonyl (C=O) groups excluding carboxylic acids is 1. The summed E-state index contributed by atoms with van der Waals surface area (Å²) in [5.41, 5.74) is 1.38. The van der Waals surface area contributed by atoms with Crippen molar-refractivity contribution in [2.75, 3.05) is 37.4 Å². The highest BCUT2D eigenvalue weighted by molar-refractivity contribution is 5.89. The fraction of sp³-hybridized carbons (Fsp3) is 0.611. The Labute approximate surface area is 138 Å². The predicted molar refractivity (Wildman–Crippen MR) is 92.9 cm³/mol. The third-order valence-electron chi connectivity index (χ3n) is 5.35. The zero-order valence-corrected chi connectivity index (χ0v) is 14.1. The molecule has 3 rings (SSSR count). The summed E-state index contributed by atoms with van der Waals surface area (Å²) in [5.74, 6) is 0.229. The lowest BCUT2D eigenvalue weighted by atomic mass is 9.71. The molecule has 1 aromatic carbocycles. The van der Waals surface area contributed by atoms with E-state index in [1.54, 1.807) is 0 Å². The van der Waals surface area contributed by atoms with Gasteiger partial charge in [-0.2, -0.15) is 0 Å². The van der Waals surface area contributed by atoms with Crippen LogP contribution in [0.2, 0.25) is 0 Å². The number of anilines is 2. The van der Waals surface area contributed by atoms with Crippen molar-refractivity contribution in [2.24, 2.45) is 5.92 Å². The van der Waals surface area contributed by atoms with Gasteiger partial charge in [0.2, 0.25) is 0 Å². The molecule has 0 radical (unpaired) electrons. The molecule has 5 heteroatoms. The van der Waals surface area contributed by atoms with Gasteiger partial charge in [0.25, 0.3) is 0 Å². The third-order valence-corrected chi connectivity index (χ3v) is 5.35. The highest BCUT2D eigenvalue weighted by Gasteiger charge is 2.43. The topological polar surface area (TPSA) is 55.8 Å². The van der Waals surface area contributed by atoms with Gasteiger partial charge in [-0.1, -0.05) is 12.8 Å². The number of rotatable bonds is 2. The Kier molecular flexibility index (Phi) is 4.48. The van der Waals surface area contributed by atoms with E-state index in [-0.39, 0.29) is 11.9 Å². The number of amides is 2. The Morgan fingerprint density at radius 2 is 2.00 bits per heavy atom. The standard InChI is InChI=1S/C18H27N3O2/c1-20(2)16-8-6-15(7-9-16)19-17(22)21-12-11-18(23)10-4-3-5-14(18)13-21/h6-9,14,23H,3-5,10-13H2,1-2H3,(H,19,22). The summed E-state index contributed by atoms with van der Waals surface area (Å²) in [6.45, 7) is 1.30. The van der Waals surface area contributed by atoms with Crippen molar-refractivity contribution in [3.63, 3.8) is 0 Å². The lowest BCUT2D eigenvalue weighted by molar-refractivity contribution is -0.0863. The summed E-state index contributed by atoms with van der Waals surface area (Å²) in [5, 5.41) is 13.7. The fourth-order valence-corrected chi connectivity index (χ4v) is 3.80. The van der Waals surface area contributed by atoms with Crippen LogP contribution in [0.4, 0.5) is 16.2 Å². The van der Waals surface area contributed by atoms with Crippen LogP contribution in [0.15, 0.2) is 24.3 Å². The Morgan fingerprint density at radius 1 is 1.26 bits per heavy atom. The lowest BCUT2D eigenvalue weighted by Crippen LogP contribution is -2.55. The first-order valence-corrected chi connectivity index (χ1v) is 8.54. The van der Waals surface area contributed by atoms with Crippen molar-refractivity contribution in [2.45, 2.75) is 37.7 Å². The molecular formula is C18H27N3O2. The molecule has 2 N–H and O–H groups in total. The maximum absolute atomic E-state index is 12.5. The van der Waals surface area contributed by atoms with Crippen LogP contribution < -0.4 is 10.2 Å². The molecular weight excluding hydrogens is 290 g/mol. The molecule has 1 heterocycles. The number of urea groups is 1. The second-order valence-electron chi connectivity index (χ2n) is 7.11. The molecule has 5 nitrogen and oxygen atoms in total. The van der Waals surface area contributed by atoms with E-state index in [1.807, 2.05) is 48.2 Å². The number of likely N-dealkylation sites (tertiary alicyclic amines) is 1. The number of benzene rings is 1. The minimum absolute atomic E-state index is 0.0600. The van der Waals surface area contributed by atoms with Crippen molar-refractivity contribution in [1.29, 1.82) is 0 Å². The molecule has 0 aromatic heterocycles. The number of hydrogen-bond donors (Lipinski definition) is 2. The molecule has 0 bridgehead atoms. The quantitative estimate of drug-likeness (QED) is 0.882. The molecule has 2 amide bonds. The van der Waals surface area contributed by atoms with E-state index >= 15 is 0 Å². The molecule has 1 saturated carbocycles. The van der Waals surface area contributed by atoms with Crippen LogP contribution >= 0.6 is 0 Å². The number of hydrogen-bond acceptors (Lipinski definition) is 3. The van der Waals surface area contributed by atoms with Gasteiger partial charge < -0.3 is 20.2 Å². The average molecular weight is 317 g/mol. The van der Waals surface area contributed by atoms with Gasteiger partial charge in [-0.15, -0.1) is 0 Å². The second kappa shape index (κ2) is 6.40. The number of piperidine rings is 1. The zero-order chi connectivity index (χ0) is 16.4. The normalized spacial score (nSPS) is 27.3. The van der Waals surface area contributed by atoms with Gasteiger partial charge >= 0.3 is 6.03 Å². The van der Waals surface area contributed by atoms with Crippen LogP contribution in [0, 0.1) is 5.92 Å². The third kappa shape index (κ3) is 3.44. The molecule has 126 valence electrons. The highest BCUT2D eigenvalue weighted by atomic mass is 16.3. The Bertz CT molecular complexity index is 558. The van der Waals surface area contributed by atoms with Crippen molar-refractivity contribution in [1.82, 2.24) is 4.90 Å². The summed E-state index contributed by atoms with van der Waals surface area (Å²) in [6.07, 6.45) is 4.88. The van der Waals surface area contributed by atoms with E-state index < -0.39 is 5.60 Å². The van der Waals surface area contributed by atoms with Gasteiger partial charge in [0.15, 0.2) is 0 Å². The van der Waals surface area contributed by atoms with E-state index in [9.17, 15) is 9.90 Å². The van der Waals surface area contributed by atoms with E-state index in [2.05, 4.69) is 5.32 Å². The molecule has 2 atom stereocenters. The number of nitrogens with zero attached hydrogens (tertiary/aromatic N) is 2. The van der Waals surface area contributed by atoms with Gasteiger partial charge in [-0.05, 0) is 43.5 Å². The van der Waals surface area contributed by atoms with E-state index in [1.165, 1.54) is 0 Å². The molecule has 0 spiro atoms. The lowest BCUT2D eigenvalue weighted by Gasteiger charge is -2.47. The number of fused-ring (bicyclic) bond motifs is 1. The fourth-order valence-electron chi connectivity index (χ4n) is 3.80. The molecule has 2 aliphatic rings. The first-order chi connectivity index (χ1) is 11.0. The smallest absolute Gasteiger partial charge is 0.321 e. The summed E-state index contributed by atoms with van der Waals surface area (Å²) >= 11 is 0. The van der Waals surface area contributed by atoms with Crippen LogP contribution in [0.3, 0.4) is 0 Å². The largest absolute Gasteiger partial charge is 0.389 e. The maximum atomic E-state index is 12.5. The zero-order valence-electron chi connectivity index (χ0n) is 14.1. The Morgan fingerprint density at radius 3 is 2.70 bits per heavy atom. The van der Waals surface area contributed by atoms with E-state index in [0.29, 0.717) is 19.5 Å². The number of carbonyl (C=O) groups is 1. The Hall–Kier alpha value is -1.75. The monoisotopic (exact) mass is 317 g/mol. The highest BCUT2D eigenvalue weighted by Crippen LogP contribution is 2.39. The summed E-state index contributed by atoms with van der Waals surface area (Å²) in [6, 6.07) is 7.77. The van der Waals surface area contributed by atoms with Crippen LogP contribution in [-0.4, -0.2) is 48.8 Å². The molecule has 1 aromatic rings. The van der Waals surface area contributed by atoms with Gasteiger partial charge in [0.05, 0.1) is 5.60 Å². The minimum Gasteiger partial charge on any atom is -0.389 e. The van der Waals surface area contributed by atoms with Crippen LogP contribution in [0.1, 0.15) is 32.1 Å². The van der Waals surface area contributed by atoms with E-state index in [0.717, 1.165) is 37.1 Å². The van der Waals surface area contributed by atoms with Crippen LogP contribution in [-0.2, 0) is 0 Å². The SMILES string of the molecule is CN(C)c1ccc(NC(=O)N2CCC3(O)CCCCC3C2)cc1. The molecule has 2 fully saturated rings. The van der Waals surface area contributed by atoms with Crippen molar-refractivity contribution in [3.05, 3.63) is 24.3 Å².